The van der Waals surface area contributed by atoms with Crippen LogP contribution in [0.5, 0.6) is 0 Å². The summed E-state index contributed by atoms with van der Waals surface area (Å²) in [5, 5.41) is 79.7. The van der Waals surface area contributed by atoms with Crippen LogP contribution in [0.25, 0.3) is 0 Å². The van der Waals surface area contributed by atoms with Crippen LogP contribution >= 0.6 is 0 Å². The zero-order valence-electron chi connectivity index (χ0n) is 18.3. The smallest absolute Gasteiger partial charge is 0.221 e. The Morgan fingerprint density at radius 2 is 1.41 bits per heavy atom. The molecule has 0 aliphatic rings. The summed E-state index contributed by atoms with van der Waals surface area (Å²) >= 11 is 0. The summed E-state index contributed by atoms with van der Waals surface area (Å²) in [5.41, 5.74) is -0.528. The Hall–Kier alpha value is -1.97. The Bertz CT molecular complexity index is 621. The Morgan fingerprint density at radius 1 is 0.844 bits per heavy atom. The highest BCUT2D eigenvalue weighted by atomic mass is 16.6. The highest BCUT2D eigenvalue weighted by Crippen LogP contribution is 2.16. The molecule has 0 aromatic heterocycles. The van der Waals surface area contributed by atoms with Gasteiger partial charge >= 0.3 is 0 Å². The van der Waals surface area contributed by atoms with Crippen LogP contribution in [0.4, 0.5) is 0 Å². The Labute approximate surface area is 185 Å². The Kier molecular flexibility index (Phi) is 14.8. The van der Waals surface area contributed by atoms with Crippen molar-refractivity contribution in [2.75, 3.05) is 26.4 Å². The van der Waals surface area contributed by atoms with Gasteiger partial charge < -0.3 is 60.4 Å². The van der Waals surface area contributed by atoms with Gasteiger partial charge in [0.05, 0.1) is 19.3 Å². The average Bonchev–Trinajstić information content (AvgIpc) is 2.71. The average molecular weight is 469 g/mol. The normalized spacial score (nSPS) is 17.3. The monoisotopic (exact) mass is 469 g/mol. The van der Waals surface area contributed by atoms with Gasteiger partial charge in [0.1, 0.15) is 23.7 Å². The van der Waals surface area contributed by atoms with Gasteiger partial charge in [-0.25, -0.2) is 0 Å². The van der Waals surface area contributed by atoms with Gasteiger partial charge in [0.2, 0.25) is 12.2 Å². The molecule has 0 aliphatic carbocycles. The largest absolute Gasteiger partial charge is 0.508 e. The lowest BCUT2D eigenvalue weighted by Crippen LogP contribution is -2.34. The molecule has 0 radical (unpaired) electrons. The molecule has 0 saturated carbocycles. The fraction of sp³-hybridized carbons (Fsp3) is 0.737. The quantitative estimate of drug-likeness (QED) is 0.0740. The van der Waals surface area contributed by atoms with Crippen LogP contribution < -0.4 is 5.32 Å². The first kappa shape index (κ1) is 30.0. The van der Waals surface area contributed by atoms with E-state index in [1.54, 1.807) is 13.8 Å². The fourth-order valence-electron chi connectivity index (χ4n) is 2.34. The summed E-state index contributed by atoms with van der Waals surface area (Å²) in [6.45, 7) is 2.75. The molecule has 0 saturated heterocycles. The summed E-state index contributed by atoms with van der Waals surface area (Å²) in [6, 6.07) is 0. The maximum absolute atomic E-state index is 11.3. The standard InChI is InChI=1S/C19H35NO12/c1-10(2)32-19(29)17(27)16(26)13(5-7-22)30-8-9-31-18(28)14(20-11(3)23)15(25)12(24)4-6-21/h10,12-13,18-19,21-22,24-29H,4-9H2,1-3H3,(H,20,23)/b15-14+,17-16+. The predicted molar refractivity (Wildman–Crippen MR) is 109 cm³/mol. The van der Waals surface area contributed by atoms with Crippen molar-refractivity contribution in [3.05, 3.63) is 23.0 Å². The van der Waals surface area contributed by atoms with Gasteiger partial charge in [-0.05, 0) is 13.8 Å². The van der Waals surface area contributed by atoms with E-state index in [9.17, 15) is 35.4 Å². The Morgan fingerprint density at radius 3 is 1.91 bits per heavy atom. The minimum Gasteiger partial charge on any atom is -0.508 e. The van der Waals surface area contributed by atoms with E-state index < -0.39 is 73.0 Å². The topological polar surface area (TPSA) is 219 Å². The number of hydrogen-bond acceptors (Lipinski definition) is 12. The molecule has 0 fully saturated rings. The molecule has 188 valence electrons. The van der Waals surface area contributed by atoms with E-state index in [4.69, 9.17) is 24.4 Å². The lowest BCUT2D eigenvalue weighted by Gasteiger charge is -2.22. The first-order chi connectivity index (χ1) is 15.0. The SMILES string of the molecule is CC(=O)N/C(=C(/O)C(O)CCO)C(O)OCCOC(CCO)/C(O)=C(\O)C(O)OC(C)C. The van der Waals surface area contributed by atoms with Crippen molar-refractivity contribution in [1.82, 2.24) is 5.32 Å². The van der Waals surface area contributed by atoms with Crippen LogP contribution in [0.3, 0.4) is 0 Å². The van der Waals surface area contributed by atoms with Crippen LogP contribution in [0, 0.1) is 0 Å². The molecule has 4 unspecified atom stereocenters. The zero-order chi connectivity index (χ0) is 24.8. The van der Waals surface area contributed by atoms with Crippen LogP contribution in [0.15, 0.2) is 23.0 Å². The molecule has 32 heavy (non-hydrogen) atoms. The molecule has 0 bridgehead atoms. The van der Waals surface area contributed by atoms with Gasteiger partial charge in [0, 0.05) is 33.0 Å². The lowest BCUT2D eigenvalue weighted by atomic mass is 10.2. The summed E-state index contributed by atoms with van der Waals surface area (Å²) in [5.74, 6) is -3.13. The molecule has 9 N–H and O–H groups in total. The van der Waals surface area contributed by atoms with E-state index >= 15 is 0 Å². The van der Waals surface area contributed by atoms with Crippen molar-refractivity contribution >= 4 is 5.91 Å². The fourth-order valence-corrected chi connectivity index (χ4v) is 2.34. The molecule has 0 aliphatic heterocycles. The van der Waals surface area contributed by atoms with E-state index in [2.05, 4.69) is 5.32 Å². The van der Waals surface area contributed by atoms with E-state index in [0.717, 1.165) is 6.92 Å². The molecule has 0 aromatic rings. The summed E-state index contributed by atoms with van der Waals surface area (Å²) in [6.07, 6.45) is -7.36. The first-order valence-corrected chi connectivity index (χ1v) is 9.93. The van der Waals surface area contributed by atoms with E-state index in [-0.39, 0.29) is 26.1 Å². The number of carbonyl (C=O) groups is 1. The summed E-state index contributed by atoms with van der Waals surface area (Å²) in [4.78, 5) is 11.3. The predicted octanol–water partition coefficient (Wildman–Crippen LogP) is -1.19. The maximum atomic E-state index is 11.3. The number of ether oxygens (including phenoxy) is 3. The molecule has 0 rings (SSSR count). The summed E-state index contributed by atoms with van der Waals surface area (Å²) < 4.78 is 15.3. The van der Waals surface area contributed by atoms with Gasteiger partial charge in [-0.1, -0.05) is 0 Å². The van der Waals surface area contributed by atoms with Crippen molar-refractivity contribution < 1.29 is 59.9 Å². The molecule has 1 amide bonds. The second-order valence-corrected chi connectivity index (χ2v) is 6.91. The van der Waals surface area contributed by atoms with Crippen molar-refractivity contribution in [2.24, 2.45) is 0 Å². The number of aliphatic hydroxyl groups excluding tert-OH is 8. The number of rotatable bonds is 16. The number of hydrogen-bond donors (Lipinski definition) is 9. The Balaban J connectivity index is 5.09. The van der Waals surface area contributed by atoms with E-state index in [0.29, 0.717) is 0 Å². The molecule has 0 heterocycles. The minimum atomic E-state index is -1.88. The third-order valence-corrected chi connectivity index (χ3v) is 3.82. The second kappa shape index (κ2) is 15.8. The van der Waals surface area contributed by atoms with Gasteiger partial charge in [0.15, 0.2) is 17.8 Å². The van der Waals surface area contributed by atoms with E-state index in [1.807, 2.05) is 0 Å². The van der Waals surface area contributed by atoms with Crippen molar-refractivity contribution in [2.45, 2.75) is 64.5 Å². The van der Waals surface area contributed by atoms with Crippen LogP contribution in [-0.4, -0.2) is 104 Å². The molecule has 0 aromatic carbocycles. The van der Waals surface area contributed by atoms with Gasteiger partial charge in [-0.2, -0.15) is 0 Å². The zero-order valence-corrected chi connectivity index (χ0v) is 18.3. The highest BCUT2D eigenvalue weighted by Gasteiger charge is 2.25. The van der Waals surface area contributed by atoms with Gasteiger partial charge in [0.25, 0.3) is 0 Å². The molecule has 13 nitrogen and oxygen atoms in total. The third-order valence-electron chi connectivity index (χ3n) is 3.82. The molecule has 0 spiro atoms. The molecular weight excluding hydrogens is 434 g/mol. The third kappa shape index (κ3) is 11.1. The lowest BCUT2D eigenvalue weighted by molar-refractivity contribution is -0.127. The maximum Gasteiger partial charge on any atom is 0.221 e. The van der Waals surface area contributed by atoms with Crippen molar-refractivity contribution in [3.63, 3.8) is 0 Å². The summed E-state index contributed by atoms with van der Waals surface area (Å²) in [7, 11) is 0. The van der Waals surface area contributed by atoms with Crippen molar-refractivity contribution in [1.29, 1.82) is 0 Å². The number of aliphatic hydroxyl groups is 8. The van der Waals surface area contributed by atoms with Crippen LogP contribution in [0.1, 0.15) is 33.6 Å². The second-order valence-electron chi connectivity index (χ2n) is 6.91. The first-order valence-electron chi connectivity index (χ1n) is 9.93. The molecule has 13 heteroatoms. The van der Waals surface area contributed by atoms with Crippen LogP contribution in [-0.2, 0) is 19.0 Å². The number of carbonyl (C=O) groups excluding carboxylic acids is 1. The van der Waals surface area contributed by atoms with Gasteiger partial charge in [-0.15, -0.1) is 0 Å². The van der Waals surface area contributed by atoms with E-state index in [1.165, 1.54) is 0 Å². The van der Waals surface area contributed by atoms with Gasteiger partial charge in [-0.3, -0.25) is 4.79 Å². The molecular formula is C19H35NO12. The molecule has 4 atom stereocenters. The minimum absolute atomic E-state index is 0.155. The van der Waals surface area contributed by atoms with Crippen molar-refractivity contribution in [3.8, 4) is 0 Å². The number of amides is 1. The van der Waals surface area contributed by atoms with Crippen LogP contribution in [0.2, 0.25) is 0 Å². The highest BCUT2D eigenvalue weighted by molar-refractivity contribution is 5.75. The number of nitrogens with one attached hydrogen (secondary N) is 1.